The summed E-state index contributed by atoms with van der Waals surface area (Å²) in [6, 6.07) is 9.28. The van der Waals surface area contributed by atoms with Gasteiger partial charge in [0.2, 0.25) is 0 Å². The van der Waals surface area contributed by atoms with Crippen molar-refractivity contribution in [3.63, 3.8) is 0 Å². The molecular weight excluding hydrogens is 461 g/mol. The molecule has 10 heteroatoms. The monoisotopic (exact) mass is 487 g/mol. The number of rotatable bonds is 2. The van der Waals surface area contributed by atoms with E-state index in [0.29, 0.717) is 42.5 Å². The van der Waals surface area contributed by atoms with Gasteiger partial charge in [-0.2, -0.15) is 0 Å². The van der Waals surface area contributed by atoms with Gasteiger partial charge in [0.15, 0.2) is 17.2 Å². The normalized spacial score (nSPS) is 19.4. The van der Waals surface area contributed by atoms with Crippen molar-refractivity contribution in [1.29, 1.82) is 0 Å². The highest BCUT2D eigenvalue weighted by Gasteiger charge is 2.31. The van der Waals surface area contributed by atoms with E-state index in [9.17, 15) is 4.39 Å². The molecule has 0 aliphatic carbocycles. The van der Waals surface area contributed by atoms with Crippen LogP contribution in [0.5, 0.6) is 11.5 Å². The lowest BCUT2D eigenvalue weighted by Gasteiger charge is -2.33. The Labute approximate surface area is 207 Å². The number of piperazine rings is 1. The second kappa shape index (κ2) is 8.34. The van der Waals surface area contributed by atoms with Gasteiger partial charge in [-0.3, -0.25) is 4.40 Å². The highest BCUT2D eigenvalue weighted by atomic mass is 19.1. The van der Waals surface area contributed by atoms with Gasteiger partial charge in [-0.15, -0.1) is 10.2 Å². The number of halogens is 1. The number of hydrogen-bond acceptors (Lipinski definition) is 8. The third-order valence-electron chi connectivity index (χ3n) is 7.41. The Kier molecular flexibility index (Phi) is 4.95. The first-order valence-electron chi connectivity index (χ1n) is 12.2. The minimum Gasteiger partial charge on any atom is -0.493 e. The van der Waals surface area contributed by atoms with Gasteiger partial charge < -0.3 is 24.6 Å². The predicted molar refractivity (Wildman–Crippen MR) is 133 cm³/mol. The summed E-state index contributed by atoms with van der Waals surface area (Å²) in [6.07, 6.45) is 3.53. The van der Waals surface area contributed by atoms with Crippen molar-refractivity contribution in [2.24, 2.45) is 0 Å². The van der Waals surface area contributed by atoms with E-state index in [4.69, 9.17) is 14.5 Å². The molecule has 1 atom stereocenters. The maximum atomic E-state index is 14.8. The van der Waals surface area contributed by atoms with E-state index in [2.05, 4.69) is 44.5 Å². The molecule has 0 bridgehead atoms. The second-order valence-corrected chi connectivity index (χ2v) is 9.60. The average molecular weight is 488 g/mol. The summed E-state index contributed by atoms with van der Waals surface area (Å²) in [5.41, 5.74) is 3.98. The van der Waals surface area contributed by atoms with Crippen LogP contribution < -0.4 is 19.7 Å². The first-order chi connectivity index (χ1) is 17.7. The van der Waals surface area contributed by atoms with Crippen molar-refractivity contribution in [3.05, 3.63) is 59.8 Å². The van der Waals surface area contributed by atoms with E-state index >= 15 is 0 Å². The Balaban J connectivity index is 1.26. The Morgan fingerprint density at radius 3 is 2.67 bits per heavy atom. The van der Waals surface area contributed by atoms with Gasteiger partial charge in [0.25, 0.3) is 0 Å². The maximum Gasteiger partial charge on any atom is 0.170 e. The molecule has 1 aromatic carbocycles. The van der Waals surface area contributed by atoms with Crippen LogP contribution in [0.1, 0.15) is 17.0 Å². The van der Waals surface area contributed by atoms with Crippen molar-refractivity contribution in [2.45, 2.75) is 12.5 Å². The molecule has 6 heterocycles. The number of ether oxygens (including phenoxy) is 2. The number of pyridine rings is 2. The Hall–Kier alpha value is -3.92. The lowest BCUT2D eigenvalue weighted by atomic mass is 9.96. The summed E-state index contributed by atoms with van der Waals surface area (Å²) < 4.78 is 28.8. The zero-order chi connectivity index (χ0) is 24.2. The van der Waals surface area contributed by atoms with Crippen LogP contribution in [-0.4, -0.2) is 70.9 Å². The fourth-order valence-corrected chi connectivity index (χ4v) is 5.37. The molecule has 3 aromatic heterocycles. The van der Waals surface area contributed by atoms with Crippen LogP contribution in [-0.2, 0) is 6.54 Å². The fourth-order valence-electron chi connectivity index (χ4n) is 5.37. The minimum atomic E-state index is -0.247. The van der Waals surface area contributed by atoms with Gasteiger partial charge in [-0.25, -0.2) is 9.37 Å². The smallest absolute Gasteiger partial charge is 0.170 e. The van der Waals surface area contributed by atoms with Crippen molar-refractivity contribution >= 4 is 17.3 Å². The van der Waals surface area contributed by atoms with Gasteiger partial charge in [-0.05, 0) is 37.4 Å². The molecule has 1 saturated heterocycles. The van der Waals surface area contributed by atoms with Crippen molar-refractivity contribution < 1.29 is 13.9 Å². The summed E-state index contributed by atoms with van der Waals surface area (Å²) >= 11 is 0. The lowest BCUT2D eigenvalue weighted by molar-refractivity contribution is 0.249. The zero-order valence-corrected chi connectivity index (χ0v) is 19.9. The summed E-state index contributed by atoms with van der Waals surface area (Å²) in [5.74, 6) is 2.77. The number of likely N-dealkylation sites (N-methyl/N-ethyl adjacent to an activating group) is 1. The van der Waals surface area contributed by atoms with Crippen LogP contribution in [0.15, 0.2) is 42.9 Å². The van der Waals surface area contributed by atoms with Crippen molar-refractivity contribution in [2.75, 3.05) is 56.7 Å². The summed E-state index contributed by atoms with van der Waals surface area (Å²) in [5, 5.41) is 11.9. The minimum absolute atomic E-state index is 0.0388. The standard InChI is InChI=1S/C26H26FN7O2/c1-32-6-8-33(9-7-32)23-5-2-16(11-28-23)18-10-22-26(34-15-30-31-25(18)34)29-12-19-20(27)3-4-21-24(19)17(13-35-21)14-36-22/h2-5,10-11,15,17,29H,6-9,12-14H2,1H3/t17-/m1/s1. The van der Waals surface area contributed by atoms with Gasteiger partial charge >= 0.3 is 0 Å². The molecule has 36 heavy (non-hydrogen) atoms. The number of nitrogens with one attached hydrogen (secondary N) is 1. The zero-order valence-electron chi connectivity index (χ0n) is 19.9. The predicted octanol–water partition coefficient (Wildman–Crippen LogP) is 3.16. The molecule has 4 aromatic rings. The molecule has 9 nitrogen and oxygen atoms in total. The van der Waals surface area contributed by atoms with Gasteiger partial charge in [-0.1, -0.05) is 0 Å². The van der Waals surface area contributed by atoms with Crippen LogP contribution in [0.3, 0.4) is 0 Å². The van der Waals surface area contributed by atoms with Crippen molar-refractivity contribution in [1.82, 2.24) is 24.5 Å². The van der Waals surface area contributed by atoms with Crippen LogP contribution in [0.2, 0.25) is 0 Å². The van der Waals surface area contributed by atoms with E-state index in [1.165, 1.54) is 6.07 Å². The topological polar surface area (TPSA) is 80.1 Å². The molecule has 1 fully saturated rings. The summed E-state index contributed by atoms with van der Waals surface area (Å²) in [7, 11) is 2.14. The fraction of sp³-hybridized carbons (Fsp3) is 0.346. The van der Waals surface area contributed by atoms with Gasteiger partial charge in [0.05, 0.1) is 19.1 Å². The molecule has 7 rings (SSSR count). The first kappa shape index (κ1) is 21.4. The highest BCUT2D eigenvalue weighted by molar-refractivity contribution is 5.82. The second-order valence-electron chi connectivity index (χ2n) is 9.60. The van der Waals surface area contributed by atoms with Crippen molar-refractivity contribution in [3.8, 4) is 22.6 Å². The third-order valence-corrected chi connectivity index (χ3v) is 7.41. The van der Waals surface area contributed by atoms with E-state index in [-0.39, 0.29) is 11.7 Å². The van der Waals surface area contributed by atoms with Crippen LogP contribution >= 0.6 is 0 Å². The van der Waals surface area contributed by atoms with E-state index in [1.807, 2.05) is 16.7 Å². The highest BCUT2D eigenvalue weighted by Crippen LogP contribution is 2.41. The first-order valence-corrected chi connectivity index (χ1v) is 12.2. The Bertz CT molecular complexity index is 1450. The number of hydrogen-bond donors (Lipinski definition) is 1. The average Bonchev–Trinajstić information content (AvgIpc) is 3.56. The number of aromatic nitrogens is 4. The third kappa shape index (κ3) is 3.43. The van der Waals surface area contributed by atoms with Gasteiger partial charge in [0, 0.05) is 61.2 Å². The van der Waals surface area contributed by atoms with Crippen LogP contribution in [0.25, 0.3) is 16.8 Å². The van der Waals surface area contributed by atoms with E-state index < -0.39 is 0 Å². The van der Waals surface area contributed by atoms with Crippen LogP contribution in [0, 0.1) is 5.82 Å². The quantitative estimate of drug-likeness (QED) is 0.462. The molecular formula is C26H26FN7O2. The SMILES string of the molecule is CN1CCN(c2ccc(-c3cc4c(n5cnnc35)NCc3c(F)ccc5c3[C@H](CO5)CO4)cn2)CC1. The molecule has 3 aliphatic rings. The maximum absolute atomic E-state index is 14.8. The van der Waals surface area contributed by atoms with Gasteiger partial charge in [0.1, 0.15) is 23.7 Å². The Morgan fingerprint density at radius 1 is 1.03 bits per heavy atom. The molecule has 0 saturated carbocycles. The summed E-state index contributed by atoms with van der Waals surface area (Å²) in [4.78, 5) is 9.39. The number of fused-ring (bicyclic) bond motifs is 3. The summed E-state index contributed by atoms with van der Waals surface area (Å²) in [6.45, 7) is 5.14. The molecule has 0 unspecified atom stereocenters. The molecule has 184 valence electrons. The largest absolute Gasteiger partial charge is 0.493 e. The molecule has 0 amide bonds. The Morgan fingerprint density at radius 2 is 1.86 bits per heavy atom. The lowest BCUT2D eigenvalue weighted by Crippen LogP contribution is -2.44. The van der Waals surface area contributed by atoms with E-state index in [1.54, 1.807) is 12.4 Å². The molecule has 0 spiro atoms. The number of anilines is 2. The molecule has 3 aliphatic heterocycles. The number of benzene rings is 1. The molecule has 1 N–H and O–H groups in total. The number of nitrogens with zero attached hydrogens (tertiary/aromatic N) is 6. The molecule has 0 radical (unpaired) electrons. The van der Waals surface area contributed by atoms with E-state index in [0.717, 1.165) is 54.4 Å². The van der Waals surface area contributed by atoms with Crippen LogP contribution in [0.4, 0.5) is 16.0 Å².